The van der Waals surface area contributed by atoms with Crippen molar-refractivity contribution in [2.45, 2.75) is 13.5 Å². The third-order valence-corrected chi connectivity index (χ3v) is 4.43. The van der Waals surface area contributed by atoms with Crippen molar-refractivity contribution in [3.63, 3.8) is 0 Å². The normalized spacial score (nSPS) is 10.7. The molecule has 1 amide bonds. The van der Waals surface area contributed by atoms with E-state index in [1.807, 2.05) is 43.3 Å². The summed E-state index contributed by atoms with van der Waals surface area (Å²) in [4.78, 5) is 16.1. The van der Waals surface area contributed by atoms with Gasteiger partial charge < -0.3 is 11.1 Å². The van der Waals surface area contributed by atoms with Crippen molar-refractivity contribution in [2.75, 3.05) is 5.32 Å². The monoisotopic (exact) mass is 369 g/mol. The molecule has 0 aliphatic rings. The third kappa shape index (κ3) is 3.19. The predicted octanol–water partition coefficient (Wildman–Crippen LogP) is 4.02. The Bertz CT molecular complexity index is 893. The highest BCUT2D eigenvalue weighted by Gasteiger charge is 2.11. The van der Waals surface area contributed by atoms with Crippen LogP contribution in [0.4, 0.5) is 5.69 Å². The van der Waals surface area contributed by atoms with Gasteiger partial charge in [-0.15, -0.1) is 0 Å². The second-order valence-corrected chi connectivity index (χ2v) is 6.18. The summed E-state index contributed by atoms with van der Waals surface area (Å²) in [5, 5.41) is 4.32. The summed E-state index contributed by atoms with van der Waals surface area (Å²) in [7, 11) is 0. The summed E-state index contributed by atoms with van der Waals surface area (Å²) in [6.45, 7) is 2.57. The van der Waals surface area contributed by atoms with Gasteiger partial charge in [0.1, 0.15) is 0 Å². The fourth-order valence-electron chi connectivity index (χ4n) is 2.55. The number of carbonyl (C=O) groups excluding carboxylic acids is 1. The number of hydrogen-bond acceptors (Lipinski definition) is 3. The molecule has 0 bridgehead atoms. The Morgan fingerprint density at radius 1 is 1.22 bits per heavy atom. The Hall–Kier alpha value is -2.40. The maximum atomic E-state index is 11.6. The number of rotatable bonds is 4. The fourth-order valence-corrected chi connectivity index (χ4v) is 2.98. The molecule has 0 saturated carbocycles. The van der Waals surface area contributed by atoms with E-state index in [4.69, 9.17) is 5.73 Å². The number of halogens is 1. The summed E-state index contributed by atoms with van der Waals surface area (Å²) in [5.41, 5.74) is 9.46. The van der Waals surface area contributed by atoms with E-state index in [0.717, 1.165) is 26.8 Å². The van der Waals surface area contributed by atoms with Crippen LogP contribution in [-0.4, -0.2) is 10.9 Å². The van der Waals surface area contributed by atoms with Crippen molar-refractivity contribution in [2.24, 2.45) is 5.73 Å². The highest BCUT2D eigenvalue weighted by molar-refractivity contribution is 9.10. The lowest BCUT2D eigenvalue weighted by atomic mass is 10.1. The summed E-state index contributed by atoms with van der Waals surface area (Å²) in [6.07, 6.45) is 0. The van der Waals surface area contributed by atoms with Gasteiger partial charge in [0, 0.05) is 27.8 Å². The number of hydrogen-bond donors (Lipinski definition) is 2. The van der Waals surface area contributed by atoms with Crippen LogP contribution in [0.15, 0.2) is 53.0 Å². The smallest absolute Gasteiger partial charge is 0.250 e. The number of primary amides is 1. The third-order valence-electron chi connectivity index (χ3n) is 3.66. The van der Waals surface area contributed by atoms with Crippen LogP contribution in [0.25, 0.3) is 10.9 Å². The molecule has 3 N–H and O–H groups in total. The van der Waals surface area contributed by atoms with Crippen LogP contribution in [0.3, 0.4) is 0 Å². The summed E-state index contributed by atoms with van der Waals surface area (Å²) >= 11 is 3.55. The topological polar surface area (TPSA) is 68.0 Å². The molecular formula is C18H16BrN3O. The number of para-hydroxylation sites is 1. The minimum Gasteiger partial charge on any atom is -0.380 e. The first-order valence-corrected chi connectivity index (χ1v) is 8.03. The number of amides is 1. The molecule has 3 aromatic rings. The van der Waals surface area contributed by atoms with Crippen LogP contribution >= 0.6 is 15.9 Å². The lowest BCUT2D eigenvalue weighted by Crippen LogP contribution is -2.12. The van der Waals surface area contributed by atoms with Crippen LogP contribution < -0.4 is 11.1 Å². The minimum absolute atomic E-state index is 0.440. The molecule has 116 valence electrons. The van der Waals surface area contributed by atoms with Gasteiger partial charge in [-0.25, -0.2) is 0 Å². The summed E-state index contributed by atoms with van der Waals surface area (Å²) in [6, 6.07) is 15.5. The first-order chi connectivity index (χ1) is 11.1. The van der Waals surface area contributed by atoms with E-state index in [0.29, 0.717) is 17.6 Å². The molecule has 0 aliphatic carbocycles. The first kappa shape index (κ1) is 15.5. The van der Waals surface area contributed by atoms with Gasteiger partial charge in [0.05, 0.1) is 11.1 Å². The van der Waals surface area contributed by atoms with E-state index in [2.05, 4.69) is 32.3 Å². The molecule has 0 saturated heterocycles. The molecule has 1 aromatic heterocycles. The molecule has 0 fully saturated rings. The Morgan fingerprint density at radius 3 is 2.74 bits per heavy atom. The van der Waals surface area contributed by atoms with Crippen molar-refractivity contribution in [1.29, 1.82) is 0 Å². The molecule has 1 heterocycles. The number of nitrogens with zero attached hydrogens (tertiary/aromatic N) is 1. The molecule has 0 radical (unpaired) electrons. The zero-order valence-electron chi connectivity index (χ0n) is 12.6. The van der Waals surface area contributed by atoms with Crippen LogP contribution in [-0.2, 0) is 6.54 Å². The van der Waals surface area contributed by atoms with Gasteiger partial charge in [-0.05, 0) is 30.7 Å². The van der Waals surface area contributed by atoms with E-state index < -0.39 is 5.91 Å². The van der Waals surface area contributed by atoms with Crippen LogP contribution in [0.1, 0.15) is 21.6 Å². The van der Waals surface area contributed by atoms with Crippen molar-refractivity contribution >= 4 is 38.4 Å². The standard InChI is InChI=1S/C18H16BrN3O/c1-11-9-16(21-10-12-5-2-3-8-15(12)19)13-6-4-7-14(18(20)23)17(13)22-11/h2-9H,10H2,1H3,(H2,20,23)(H,21,22). The lowest BCUT2D eigenvalue weighted by Gasteiger charge is -2.13. The molecule has 3 rings (SSSR count). The SMILES string of the molecule is Cc1cc(NCc2ccccc2Br)c2cccc(C(N)=O)c2n1. The van der Waals surface area contributed by atoms with Crippen molar-refractivity contribution < 1.29 is 4.79 Å². The van der Waals surface area contributed by atoms with E-state index in [9.17, 15) is 4.79 Å². The van der Waals surface area contributed by atoms with Gasteiger partial charge in [-0.3, -0.25) is 9.78 Å². The highest BCUT2D eigenvalue weighted by Crippen LogP contribution is 2.27. The zero-order valence-corrected chi connectivity index (χ0v) is 14.2. The molecule has 4 nitrogen and oxygen atoms in total. The van der Waals surface area contributed by atoms with Crippen molar-refractivity contribution in [3.05, 3.63) is 69.8 Å². The highest BCUT2D eigenvalue weighted by atomic mass is 79.9. The predicted molar refractivity (Wildman–Crippen MR) is 96.5 cm³/mol. The van der Waals surface area contributed by atoms with Gasteiger partial charge >= 0.3 is 0 Å². The lowest BCUT2D eigenvalue weighted by molar-refractivity contribution is 0.100. The zero-order chi connectivity index (χ0) is 16.4. The number of aryl methyl sites for hydroxylation is 1. The molecule has 0 atom stereocenters. The Labute approximate surface area is 142 Å². The van der Waals surface area contributed by atoms with Crippen LogP contribution in [0.5, 0.6) is 0 Å². The van der Waals surface area contributed by atoms with Crippen molar-refractivity contribution in [3.8, 4) is 0 Å². The summed E-state index contributed by atoms with van der Waals surface area (Å²) < 4.78 is 1.06. The number of nitrogens with two attached hydrogens (primary N) is 1. The molecule has 0 spiro atoms. The van der Waals surface area contributed by atoms with E-state index in [1.54, 1.807) is 6.07 Å². The molecule has 0 unspecified atom stereocenters. The Kier molecular flexibility index (Phi) is 4.30. The Balaban J connectivity index is 2.02. The van der Waals surface area contributed by atoms with Crippen LogP contribution in [0.2, 0.25) is 0 Å². The van der Waals surface area contributed by atoms with Crippen LogP contribution in [0, 0.1) is 6.92 Å². The molecular weight excluding hydrogens is 354 g/mol. The molecule has 5 heteroatoms. The maximum Gasteiger partial charge on any atom is 0.250 e. The number of fused-ring (bicyclic) bond motifs is 1. The van der Waals surface area contributed by atoms with Gasteiger partial charge in [0.15, 0.2) is 0 Å². The number of nitrogens with one attached hydrogen (secondary N) is 1. The average molecular weight is 370 g/mol. The number of aromatic nitrogens is 1. The number of anilines is 1. The van der Waals surface area contributed by atoms with Gasteiger partial charge in [-0.2, -0.15) is 0 Å². The van der Waals surface area contributed by atoms with E-state index in [-0.39, 0.29) is 0 Å². The molecule has 23 heavy (non-hydrogen) atoms. The van der Waals surface area contributed by atoms with Gasteiger partial charge in [0.25, 0.3) is 5.91 Å². The number of carbonyl (C=O) groups is 1. The van der Waals surface area contributed by atoms with Crippen molar-refractivity contribution in [1.82, 2.24) is 4.98 Å². The Morgan fingerprint density at radius 2 is 2.00 bits per heavy atom. The summed E-state index contributed by atoms with van der Waals surface area (Å²) in [5.74, 6) is -0.467. The van der Waals surface area contributed by atoms with Gasteiger partial charge in [-0.1, -0.05) is 46.3 Å². The average Bonchev–Trinajstić information content (AvgIpc) is 2.53. The molecule has 2 aromatic carbocycles. The quantitative estimate of drug-likeness (QED) is 0.729. The first-order valence-electron chi connectivity index (χ1n) is 7.23. The second-order valence-electron chi connectivity index (χ2n) is 5.32. The number of benzene rings is 2. The second kappa shape index (κ2) is 6.38. The largest absolute Gasteiger partial charge is 0.380 e. The molecule has 0 aliphatic heterocycles. The van der Waals surface area contributed by atoms with E-state index >= 15 is 0 Å². The minimum atomic E-state index is -0.467. The van der Waals surface area contributed by atoms with E-state index in [1.165, 1.54) is 0 Å². The number of pyridine rings is 1. The van der Waals surface area contributed by atoms with Gasteiger partial charge in [0.2, 0.25) is 0 Å². The maximum absolute atomic E-state index is 11.6. The fraction of sp³-hybridized carbons (Fsp3) is 0.111.